The predicted octanol–water partition coefficient (Wildman–Crippen LogP) is 3.74. The predicted molar refractivity (Wildman–Crippen MR) is 72.4 cm³/mol. The number of hydrogen-bond acceptors (Lipinski definition) is 1. The zero-order valence-electron chi connectivity index (χ0n) is 10.9. The average molecular weight is 290 g/mol. The van der Waals surface area contributed by atoms with Gasteiger partial charge < -0.3 is 5.32 Å². The number of benzene rings is 1. The van der Waals surface area contributed by atoms with Gasteiger partial charge in [-0.1, -0.05) is 13.3 Å². The van der Waals surface area contributed by atoms with Crippen LogP contribution in [0.2, 0.25) is 0 Å². The lowest BCUT2D eigenvalue weighted by Crippen LogP contribution is -2.30. The minimum atomic E-state index is -0.845. The van der Waals surface area contributed by atoms with Crippen molar-refractivity contribution >= 4 is 17.5 Å². The van der Waals surface area contributed by atoms with Crippen LogP contribution in [0.3, 0.4) is 0 Å². The summed E-state index contributed by atoms with van der Waals surface area (Å²) in [7, 11) is 0. The molecule has 1 unspecified atom stereocenters. The van der Waals surface area contributed by atoms with Crippen LogP contribution in [0.15, 0.2) is 18.2 Å². The molecule has 0 radical (unpaired) electrons. The maximum Gasteiger partial charge on any atom is 0.254 e. The van der Waals surface area contributed by atoms with Crippen LogP contribution < -0.4 is 5.32 Å². The summed E-state index contributed by atoms with van der Waals surface area (Å²) >= 11 is 5.69. The van der Waals surface area contributed by atoms with Crippen LogP contribution >= 0.6 is 11.6 Å². The van der Waals surface area contributed by atoms with Gasteiger partial charge in [-0.25, -0.2) is 8.78 Å². The minimum Gasteiger partial charge on any atom is -0.352 e. The highest BCUT2D eigenvalue weighted by Crippen LogP contribution is 2.13. The van der Waals surface area contributed by atoms with Gasteiger partial charge in [0.1, 0.15) is 11.6 Å². The van der Waals surface area contributed by atoms with E-state index in [2.05, 4.69) is 12.2 Å². The Bertz CT molecular complexity index is 420. The van der Waals surface area contributed by atoms with Crippen LogP contribution in [-0.2, 0) is 0 Å². The first-order valence-electron chi connectivity index (χ1n) is 6.37. The average Bonchev–Trinajstić information content (AvgIpc) is 2.36. The molecule has 0 bridgehead atoms. The van der Waals surface area contributed by atoms with Crippen molar-refractivity contribution in [1.29, 1.82) is 0 Å². The van der Waals surface area contributed by atoms with Crippen molar-refractivity contribution in [3.05, 3.63) is 35.4 Å². The van der Waals surface area contributed by atoms with Gasteiger partial charge in [0.25, 0.3) is 5.91 Å². The lowest BCUT2D eigenvalue weighted by molar-refractivity contribution is 0.0942. The lowest BCUT2D eigenvalue weighted by atomic mass is 10.0. The third-order valence-corrected chi connectivity index (χ3v) is 3.16. The van der Waals surface area contributed by atoms with Crippen molar-refractivity contribution < 1.29 is 13.6 Å². The van der Waals surface area contributed by atoms with E-state index < -0.39 is 17.5 Å². The molecule has 1 rings (SSSR count). The Morgan fingerprint density at radius 1 is 1.37 bits per heavy atom. The van der Waals surface area contributed by atoms with E-state index in [4.69, 9.17) is 11.6 Å². The first-order chi connectivity index (χ1) is 9.08. The number of alkyl halides is 1. The Morgan fingerprint density at radius 3 is 2.68 bits per heavy atom. The molecule has 0 heterocycles. The quantitative estimate of drug-likeness (QED) is 0.761. The number of hydrogen-bond donors (Lipinski definition) is 1. The fraction of sp³-hybridized carbons (Fsp3) is 0.500. The van der Waals surface area contributed by atoms with Crippen LogP contribution in [0.1, 0.15) is 36.5 Å². The molecule has 1 aromatic carbocycles. The topological polar surface area (TPSA) is 29.1 Å². The van der Waals surface area contributed by atoms with Crippen molar-refractivity contribution in [2.75, 3.05) is 12.4 Å². The van der Waals surface area contributed by atoms with Crippen LogP contribution in [0.5, 0.6) is 0 Å². The van der Waals surface area contributed by atoms with Gasteiger partial charge in [-0.15, -0.1) is 11.6 Å². The molecule has 1 aromatic rings. The number of nitrogens with one attached hydrogen (secondary N) is 1. The Hall–Kier alpha value is -1.16. The van der Waals surface area contributed by atoms with Gasteiger partial charge in [-0.3, -0.25) is 4.79 Å². The van der Waals surface area contributed by atoms with Crippen molar-refractivity contribution in [3.63, 3.8) is 0 Å². The van der Waals surface area contributed by atoms with Crippen LogP contribution in [-0.4, -0.2) is 18.3 Å². The second kappa shape index (κ2) is 8.10. The maximum atomic E-state index is 13.4. The minimum absolute atomic E-state index is 0.137. The van der Waals surface area contributed by atoms with Gasteiger partial charge in [0.05, 0.1) is 5.56 Å². The van der Waals surface area contributed by atoms with E-state index in [0.29, 0.717) is 18.5 Å². The molecule has 0 saturated carbocycles. The summed E-state index contributed by atoms with van der Waals surface area (Å²) in [6, 6.07) is 2.92. The summed E-state index contributed by atoms with van der Waals surface area (Å²) in [6.45, 7) is 2.51. The van der Waals surface area contributed by atoms with E-state index in [1.54, 1.807) is 0 Å². The fourth-order valence-corrected chi connectivity index (χ4v) is 2.23. The van der Waals surface area contributed by atoms with Crippen molar-refractivity contribution in [2.45, 2.75) is 26.2 Å². The summed E-state index contributed by atoms with van der Waals surface area (Å²) in [4.78, 5) is 11.8. The summed E-state index contributed by atoms with van der Waals surface area (Å²) in [5.74, 6) is -1.24. The number of halogens is 3. The molecule has 0 aliphatic rings. The molecule has 0 aliphatic carbocycles. The smallest absolute Gasteiger partial charge is 0.254 e. The molecule has 0 spiro atoms. The molecule has 19 heavy (non-hydrogen) atoms. The molecule has 1 atom stereocenters. The lowest BCUT2D eigenvalue weighted by Gasteiger charge is -2.15. The number of amides is 1. The van der Waals surface area contributed by atoms with E-state index in [-0.39, 0.29) is 11.5 Å². The van der Waals surface area contributed by atoms with E-state index in [0.717, 1.165) is 31.4 Å². The van der Waals surface area contributed by atoms with Gasteiger partial charge in [-0.05, 0) is 30.9 Å². The summed E-state index contributed by atoms with van der Waals surface area (Å²) in [5.41, 5.74) is -0.137. The first kappa shape index (κ1) is 15.9. The second-order valence-electron chi connectivity index (χ2n) is 4.47. The molecule has 0 aliphatic heterocycles. The highest BCUT2D eigenvalue weighted by molar-refractivity contribution is 6.17. The zero-order valence-corrected chi connectivity index (χ0v) is 11.6. The van der Waals surface area contributed by atoms with Crippen molar-refractivity contribution in [2.24, 2.45) is 5.92 Å². The molecule has 0 fully saturated rings. The maximum absolute atomic E-state index is 13.4. The van der Waals surface area contributed by atoms with Gasteiger partial charge >= 0.3 is 0 Å². The van der Waals surface area contributed by atoms with E-state index in [1.807, 2.05) is 0 Å². The fourth-order valence-electron chi connectivity index (χ4n) is 1.92. The molecule has 2 nitrogen and oxygen atoms in total. The summed E-state index contributed by atoms with van der Waals surface area (Å²) in [5, 5.41) is 2.67. The Labute approximate surface area is 117 Å². The molecular weight excluding hydrogens is 272 g/mol. The SMILES string of the molecule is CCCC(CCCl)CNC(=O)c1ccc(F)cc1F. The van der Waals surface area contributed by atoms with Gasteiger partial charge in [0.15, 0.2) is 0 Å². The van der Waals surface area contributed by atoms with E-state index in [9.17, 15) is 13.6 Å². The van der Waals surface area contributed by atoms with Crippen LogP contribution in [0.25, 0.3) is 0 Å². The summed E-state index contributed by atoms with van der Waals surface area (Å²) < 4.78 is 26.1. The largest absolute Gasteiger partial charge is 0.352 e. The molecule has 5 heteroatoms. The molecule has 1 N–H and O–H groups in total. The molecule has 1 amide bonds. The molecule has 0 aromatic heterocycles. The summed E-state index contributed by atoms with van der Waals surface area (Å²) in [6.07, 6.45) is 2.77. The number of carbonyl (C=O) groups excluding carboxylic acids is 1. The van der Waals surface area contributed by atoms with Gasteiger partial charge in [0, 0.05) is 18.5 Å². The Kier molecular flexibility index (Phi) is 6.78. The highest BCUT2D eigenvalue weighted by atomic mass is 35.5. The van der Waals surface area contributed by atoms with Crippen LogP contribution in [0, 0.1) is 17.6 Å². The van der Waals surface area contributed by atoms with Crippen LogP contribution in [0.4, 0.5) is 8.78 Å². The third-order valence-electron chi connectivity index (χ3n) is 2.94. The van der Waals surface area contributed by atoms with Crippen molar-refractivity contribution in [1.82, 2.24) is 5.32 Å². The number of rotatable bonds is 7. The first-order valence-corrected chi connectivity index (χ1v) is 6.91. The van der Waals surface area contributed by atoms with Crippen molar-refractivity contribution in [3.8, 4) is 0 Å². The standard InChI is InChI=1S/C14H18ClF2NO/c1-2-3-10(6-7-15)9-18-14(19)12-5-4-11(16)8-13(12)17/h4-5,8,10H,2-3,6-7,9H2,1H3,(H,18,19). The van der Waals surface area contributed by atoms with Gasteiger partial charge in [-0.2, -0.15) is 0 Å². The normalized spacial score (nSPS) is 12.2. The molecule has 106 valence electrons. The third kappa shape index (κ3) is 5.15. The molecule has 0 saturated heterocycles. The number of carbonyl (C=O) groups is 1. The monoisotopic (exact) mass is 289 g/mol. The highest BCUT2D eigenvalue weighted by Gasteiger charge is 2.14. The molecular formula is C14H18ClF2NO. The van der Waals surface area contributed by atoms with E-state index >= 15 is 0 Å². The Balaban J connectivity index is 2.58. The van der Waals surface area contributed by atoms with E-state index in [1.165, 1.54) is 0 Å². The second-order valence-corrected chi connectivity index (χ2v) is 4.84. The van der Waals surface area contributed by atoms with Gasteiger partial charge in [0.2, 0.25) is 0 Å². The Morgan fingerprint density at radius 2 is 2.11 bits per heavy atom. The zero-order chi connectivity index (χ0) is 14.3.